The molecule has 0 spiro atoms. The second-order valence-corrected chi connectivity index (χ2v) is 9.04. The molecule has 1 aliphatic heterocycles. The number of hydrazone groups is 1. The summed E-state index contributed by atoms with van der Waals surface area (Å²) >= 11 is 3.37. The minimum Gasteiger partial charge on any atom is -0.379 e. The fourth-order valence-electron chi connectivity index (χ4n) is 2.69. The smallest absolute Gasteiger partial charge is 0.271 e. The number of morpholine rings is 1. The summed E-state index contributed by atoms with van der Waals surface area (Å²) in [7, 11) is -3.66. The standard InChI is InChI=1S/C19H20BrN3O4S/c1-14(15-5-7-17(20)8-6-15)21-22-19(24)16-3-2-4-18(13-16)28(25,26)23-9-11-27-12-10-23/h2-8,13H,9-12H2,1H3,(H,22,24)/b21-14+. The normalized spacial score (nSPS) is 16.0. The first kappa shape index (κ1) is 20.7. The van der Waals surface area contributed by atoms with E-state index in [-0.39, 0.29) is 10.5 Å². The third kappa shape index (κ3) is 4.85. The first-order valence-corrected chi connectivity index (χ1v) is 10.9. The maximum absolute atomic E-state index is 12.7. The van der Waals surface area contributed by atoms with Crippen LogP contribution in [-0.4, -0.2) is 50.6 Å². The lowest BCUT2D eigenvalue weighted by atomic mass is 10.1. The molecule has 1 N–H and O–H groups in total. The topological polar surface area (TPSA) is 88.1 Å². The minimum absolute atomic E-state index is 0.0793. The van der Waals surface area contributed by atoms with Crippen molar-refractivity contribution in [3.8, 4) is 0 Å². The van der Waals surface area contributed by atoms with Gasteiger partial charge in [-0.25, -0.2) is 13.8 Å². The monoisotopic (exact) mass is 465 g/mol. The zero-order valence-electron chi connectivity index (χ0n) is 15.3. The molecule has 0 atom stereocenters. The van der Waals surface area contributed by atoms with Gasteiger partial charge in [0, 0.05) is 23.1 Å². The number of rotatable bonds is 5. The molecule has 1 heterocycles. The Morgan fingerprint density at radius 1 is 1.11 bits per heavy atom. The maximum atomic E-state index is 12.7. The van der Waals surface area contributed by atoms with Gasteiger partial charge in [-0.1, -0.05) is 34.1 Å². The summed E-state index contributed by atoms with van der Waals surface area (Å²) in [6.45, 7) is 3.11. The minimum atomic E-state index is -3.66. The second-order valence-electron chi connectivity index (χ2n) is 6.19. The number of carbonyl (C=O) groups excluding carboxylic acids is 1. The van der Waals surface area contributed by atoms with Crippen LogP contribution < -0.4 is 5.43 Å². The summed E-state index contributed by atoms with van der Waals surface area (Å²) in [5.41, 5.74) is 4.21. The highest BCUT2D eigenvalue weighted by Gasteiger charge is 2.26. The largest absolute Gasteiger partial charge is 0.379 e. The van der Waals surface area contributed by atoms with Crippen LogP contribution in [0.4, 0.5) is 0 Å². The van der Waals surface area contributed by atoms with Gasteiger partial charge >= 0.3 is 0 Å². The first-order chi connectivity index (χ1) is 13.4. The molecule has 1 amide bonds. The molecule has 9 heteroatoms. The summed E-state index contributed by atoms with van der Waals surface area (Å²) in [4.78, 5) is 12.5. The highest BCUT2D eigenvalue weighted by molar-refractivity contribution is 9.10. The van der Waals surface area contributed by atoms with Crippen LogP contribution in [0.5, 0.6) is 0 Å². The van der Waals surface area contributed by atoms with Gasteiger partial charge in [0.05, 0.1) is 23.8 Å². The van der Waals surface area contributed by atoms with Gasteiger partial charge in [-0.3, -0.25) is 4.79 Å². The number of benzene rings is 2. The quantitative estimate of drug-likeness (QED) is 0.542. The van der Waals surface area contributed by atoms with E-state index in [1.165, 1.54) is 16.4 Å². The summed E-state index contributed by atoms with van der Waals surface area (Å²) in [5, 5.41) is 4.11. The van der Waals surface area contributed by atoms with Crippen LogP contribution in [0.25, 0.3) is 0 Å². The maximum Gasteiger partial charge on any atom is 0.271 e. The van der Waals surface area contributed by atoms with E-state index in [0.717, 1.165) is 10.0 Å². The van der Waals surface area contributed by atoms with Crippen molar-refractivity contribution in [2.24, 2.45) is 5.10 Å². The van der Waals surface area contributed by atoms with Crippen LogP contribution in [-0.2, 0) is 14.8 Å². The summed E-state index contributed by atoms with van der Waals surface area (Å²) < 4.78 is 33.0. The van der Waals surface area contributed by atoms with Crippen LogP contribution in [0, 0.1) is 0 Å². The second kappa shape index (κ2) is 8.95. The number of hydrogen-bond acceptors (Lipinski definition) is 5. The predicted octanol–water partition coefficient (Wildman–Crippen LogP) is 2.62. The van der Waals surface area contributed by atoms with Crippen molar-refractivity contribution < 1.29 is 17.9 Å². The molecular weight excluding hydrogens is 446 g/mol. The molecule has 0 unspecified atom stereocenters. The molecule has 3 rings (SSSR count). The van der Waals surface area contributed by atoms with E-state index in [4.69, 9.17) is 4.74 Å². The Balaban J connectivity index is 1.75. The van der Waals surface area contributed by atoms with Gasteiger partial charge in [0.2, 0.25) is 10.0 Å². The molecule has 1 saturated heterocycles. The van der Waals surface area contributed by atoms with E-state index >= 15 is 0 Å². The van der Waals surface area contributed by atoms with Gasteiger partial charge < -0.3 is 4.74 Å². The zero-order valence-corrected chi connectivity index (χ0v) is 17.7. The molecule has 148 valence electrons. The molecule has 0 radical (unpaired) electrons. The van der Waals surface area contributed by atoms with E-state index in [2.05, 4.69) is 26.5 Å². The van der Waals surface area contributed by atoms with Crippen LogP contribution >= 0.6 is 15.9 Å². The number of amides is 1. The van der Waals surface area contributed by atoms with Crippen molar-refractivity contribution in [3.63, 3.8) is 0 Å². The van der Waals surface area contributed by atoms with Gasteiger partial charge in [-0.15, -0.1) is 0 Å². The number of carbonyl (C=O) groups is 1. The number of nitrogens with one attached hydrogen (secondary N) is 1. The van der Waals surface area contributed by atoms with Gasteiger partial charge in [0.15, 0.2) is 0 Å². The zero-order chi connectivity index (χ0) is 20.1. The lowest BCUT2D eigenvalue weighted by Crippen LogP contribution is -2.40. The first-order valence-electron chi connectivity index (χ1n) is 8.66. The Morgan fingerprint density at radius 2 is 1.79 bits per heavy atom. The van der Waals surface area contributed by atoms with Crippen molar-refractivity contribution in [1.29, 1.82) is 0 Å². The molecule has 2 aromatic carbocycles. The number of ether oxygens (including phenoxy) is 1. The molecule has 0 aromatic heterocycles. The molecule has 1 aliphatic rings. The Labute approximate surface area is 172 Å². The van der Waals surface area contributed by atoms with E-state index < -0.39 is 15.9 Å². The third-order valence-electron chi connectivity index (χ3n) is 4.29. The highest BCUT2D eigenvalue weighted by Crippen LogP contribution is 2.18. The van der Waals surface area contributed by atoms with Crippen LogP contribution in [0.1, 0.15) is 22.8 Å². The SMILES string of the molecule is C/C(=N\NC(=O)c1cccc(S(=O)(=O)N2CCOCC2)c1)c1ccc(Br)cc1. The van der Waals surface area contributed by atoms with E-state index in [1.807, 2.05) is 24.3 Å². The molecule has 0 saturated carbocycles. The van der Waals surface area contributed by atoms with E-state index in [0.29, 0.717) is 32.0 Å². The molecular formula is C19H20BrN3O4S. The Bertz CT molecular complexity index is 984. The third-order valence-corrected chi connectivity index (χ3v) is 6.71. The van der Waals surface area contributed by atoms with Crippen molar-refractivity contribution in [3.05, 3.63) is 64.1 Å². The van der Waals surface area contributed by atoms with Gasteiger partial charge in [-0.05, 0) is 42.8 Å². The Hall–Kier alpha value is -2.07. The lowest BCUT2D eigenvalue weighted by molar-refractivity contribution is 0.0730. The van der Waals surface area contributed by atoms with Crippen molar-refractivity contribution in [2.75, 3.05) is 26.3 Å². The summed E-state index contributed by atoms with van der Waals surface area (Å²) in [5.74, 6) is -0.476. The molecule has 2 aromatic rings. The molecule has 28 heavy (non-hydrogen) atoms. The lowest BCUT2D eigenvalue weighted by Gasteiger charge is -2.26. The highest BCUT2D eigenvalue weighted by atomic mass is 79.9. The van der Waals surface area contributed by atoms with E-state index in [9.17, 15) is 13.2 Å². The van der Waals surface area contributed by atoms with Crippen molar-refractivity contribution in [1.82, 2.24) is 9.73 Å². The van der Waals surface area contributed by atoms with Gasteiger partial charge in [0.25, 0.3) is 5.91 Å². The Kier molecular flexibility index (Phi) is 6.61. The average Bonchev–Trinajstić information content (AvgIpc) is 2.73. The Morgan fingerprint density at radius 3 is 2.46 bits per heavy atom. The summed E-state index contributed by atoms with van der Waals surface area (Å²) in [6.07, 6.45) is 0. The predicted molar refractivity (Wildman–Crippen MR) is 110 cm³/mol. The van der Waals surface area contributed by atoms with Crippen LogP contribution in [0.2, 0.25) is 0 Å². The van der Waals surface area contributed by atoms with Gasteiger partial charge in [-0.2, -0.15) is 9.41 Å². The van der Waals surface area contributed by atoms with Crippen LogP contribution in [0.15, 0.2) is 63.0 Å². The number of hydrogen-bond donors (Lipinski definition) is 1. The average molecular weight is 466 g/mol. The molecule has 0 aliphatic carbocycles. The fraction of sp³-hybridized carbons (Fsp3) is 0.263. The molecule has 0 bridgehead atoms. The van der Waals surface area contributed by atoms with Crippen LogP contribution in [0.3, 0.4) is 0 Å². The van der Waals surface area contributed by atoms with Crippen molar-refractivity contribution in [2.45, 2.75) is 11.8 Å². The number of halogens is 1. The fourth-order valence-corrected chi connectivity index (χ4v) is 4.41. The van der Waals surface area contributed by atoms with E-state index in [1.54, 1.807) is 19.1 Å². The number of nitrogens with zero attached hydrogens (tertiary/aromatic N) is 2. The molecule has 1 fully saturated rings. The summed E-state index contributed by atoms with van der Waals surface area (Å²) in [6, 6.07) is 13.5. The molecule has 7 nitrogen and oxygen atoms in total. The number of sulfonamides is 1. The van der Waals surface area contributed by atoms with Gasteiger partial charge in [0.1, 0.15) is 0 Å². The van der Waals surface area contributed by atoms with Crippen molar-refractivity contribution >= 4 is 37.6 Å².